The van der Waals surface area contributed by atoms with Crippen LogP contribution in [0.1, 0.15) is 37.1 Å². The van der Waals surface area contributed by atoms with Gasteiger partial charge in [0, 0.05) is 64.0 Å². The third-order valence-corrected chi connectivity index (χ3v) is 7.22. The number of imidazole rings is 1. The van der Waals surface area contributed by atoms with Crippen LogP contribution < -0.4 is 10.1 Å². The molecule has 1 N–H and O–H groups in total. The first kappa shape index (κ1) is 22.9. The highest BCUT2D eigenvalue weighted by molar-refractivity contribution is 5.81. The maximum atomic E-state index is 13.1. The SMILES string of the molecule is COc1ccc(CNC(=O)C2Cn3ccnc3C3(CCN(C(=O)C4CCOCC4)CC3)O2)cc1. The Kier molecular flexibility index (Phi) is 6.56. The van der Waals surface area contributed by atoms with E-state index in [0.717, 1.165) is 30.0 Å². The summed E-state index contributed by atoms with van der Waals surface area (Å²) in [7, 11) is 1.63. The lowest BCUT2D eigenvalue weighted by Gasteiger charge is -2.46. The molecular weight excluding hydrogens is 436 g/mol. The molecule has 2 aromatic rings. The first-order chi connectivity index (χ1) is 16.6. The van der Waals surface area contributed by atoms with Crippen LogP contribution in [0.3, 0.4) is 0 Å². The van der Waals surface area contributed by atoms with E-state index in [1.54, 1.807) is 13.3 Å². The summed E-state index contributed by atoms with van der Waals surface area (Å²) in [6.07, 6.45) is 5.89. The first-order valence-electron chi connectivity index (χ1n) is 12.0. The fourth-order valence-electron chi connectivity index (χ4n) is 5.21. The van der Waals surface area contributed by atoms with Crippen LogP contribution in [0.4, 0.5) is 0 Å². The predicted octanol–water partition coefficient (Wildman–Crippen LogP) is 1.85. The van der Waals surface area contributed by atoms with E-state index in [9.17, 15) is 9.59 Å². The Bertz CT molecular complexity index is 1010. The van der Waals surface area contributed by atoms with Gasteiger partial charge in [0.2, 0.25) is 5.91 Å². The number of rotatable bonds is 5. The second-order valence-electron chi connectivity index (χ2n) is 9.28. The highest BCUT2D eigenvalue weighted by Gasteiger charge is 2.48. The number of piperidine rings is 1. The number of methoxy groups -OCH3 is 1. The van der Waals surface area contributed by atoms with Crippen LogP contribution in [0.2, 0.25) is 0 Å². The highest BCUT2D eigenvalue weighted by atomic mass is 16.5. The molecule has 0 saturated carbocycles. The van der Waals surface area contributed by atoms with Crippen molar-refractivity contribution in [1.29, 1.82) is 0 Å². The maximum Gasteiger partial charge on any atom is 0.251 e. The van der Waals surface area contributed by atoms with E-state index in [0.29, 0.717) is 52.2 Å². The molecule has 34 heavy (non-hydrogen) atoms. The molecule has 3 aliphatic rings. The standard InChI is InChI=1S/C25H32N4O5/c1-32-20-4-2-18(3-5-20)16-27-22(30)21-17-29-13-10-26-24(29)25(34-21)8-11-28(12-9-25)23(31)19-6-14-33-15-7-19/h2-5,10,13,19,21H,6-9,11-12,14-17H2,1H3,(H,27,30). The van der Waals surface area contributed by atoms with Crippen LogP contribution in [-0.4, -0.2) is 65.8 Å². The molecule has 2 fully saturated rings. The number of hydrogen-bond acceptors (Lipinski definition) is 6. The summed E-state index contributed by atoms with van der Waals surface area (Å²) < 4.78 is 19.1. The van der Waals surface area contributed by atoms with Crippen molar-refractivity contribution >= 4 is 11.8 Å². The van der Waals surface area contributed by atoms with Crippen LogP contribution in [0.5, 0.6) is 5.75 Å². The second-order valence-corrected chi connectivity index (χ2v) is 9.28. The normalized spacial score (nSPS) is 22.3. The molecule has 1 unspecified atom stereocenters. The maximum absolute atomic E-state index is 13.1. The predicted molar refractivity (Wildman–Crippen MR) is 123 cm³/mol. The Labute approximate surface area is 199 Å². The van der Waals surface area contributed by atoms with Gasteiger partial charge in [0.25, 0.3) is 5.91 Å². The van der Waals surface area contributed by atoms with Gasteiger partial charge < -0.3 is 29.0 Å². The van der Waals surface area contributed by atoms with Crippen LogP contribution in [0, 0.1) is 5.92 Å². The van der Waals surface area contributed by atoms with Crippen molar-refractivity contribution in [3.8, 4) is 5.75 Å². The zero-order valence-electron chi connectivity index (χ0n) is 19.6. The number of likely N-dealkylation sites (tertiary alicyclic amines) is 1. The smallest absolute Gasteiger partial charge is 0.251 e. The molecule has 0 aliphatic carbocycles. The summed E-state index contributed by atoms with van der Waals surface area (Å²) in [5, 5.41) is 3.01. The van der Waals surface area contributed by atoms with Crippen molar-refractivity contribution in [2.24, 2.45) is 5.92 Å². The summed E-state index contributed by atoms with van der Waals surface area (Å²) in [6.45, 7) is 3.35. The van der Waals surface area contributed by atoms with Crippen molar-refractivity contribution in [3.63, 3.8) is 0 Å². The summed E-state index contributed by atoms with van der Waals surface area (Å²) in [6, 6.07) is 7.62. The van der Waals surface area contributed by atoms with Gasteiger partial charge in [-0.25, -0.2) is 4.98 Å². The third kappa shape index (κ3) is 4.54. The number of ether oxygens (including phenoxy) is 3. The lowest BCUT2D eigenvalue weighted by atomic mass is 9.87. The van der Waals surface area contributed by atoms with Crippen LogP contribution >= 0.6 is 0 Å². The van der Waals surface area contributed by atoms with Gasteiger partial charge >= 0.3 is 0 Å². The highest BCUT2D eigenvalue weighted by Crippen LogP contribution is 2.40. The molecule has 4 heterocycles. The molecule has 1 atom stereocenters. The molecule has 1 aromatic heterocycles. The molecule has 9 heteroatoms. The van der Waals surface area contributed by atoms with Gasteiger partial charge in [0.1, 0.15) is 17.2 Å². The van der Waals surface area contributed by atoms with Gasteiger partial charge in [-0.15, -0.1) is 0 Å². The van der Waals surface area contributed by atoms with E-state index in [1.165, 1.54) is 0 Å². The number of hydrogen-bond donors (Lipinski definition) is 1. The van der Waals surface area contributed by atoms with E-state index >= 15 is 0 Å². The number of benzene rings is 1. The minimum atomic E-state index is -0.656. The molecule has 1 spiro atoms. The molecule has 0 bridgehead atoms. The topological polar surface area (TPSA) is 94.9 Å². The lowest BCUT2D eigenvalue weighted by Crippen LogP contribution is -2.55. The monoisotopic (exact) mass is 468 g/mol. The Morgan fingerprint density at radius 2 is 1.91 bits per heavy atom. The summed E-state index contributed by atoms with van der Waals surface area (Å²) in [5.41, 5.74) is 0.332. The van der Waals surface area contributed by atoms with Crippen LogP contribution in [-0.2, 0) is 37.8 Å². The molecule has 9 nitrogen and oxygen atoms in total. The van der Waals surface area contributed by atoms with Gasteiger partial charge in [-0.2, -0.15) is 0 Å². The van der Waals surface area contributed by atoms with E-state index in [-0.39, 0.29) is 17.7 Å². The van der Waals surface area contributed by atoms with E-state index in [4.69, 9.17) is 14.2 Å². The summed E-state index contributed by atoms with van der Waals surface area (Å²) >= 11 is 0. The molecule has 0 radical (unpaired) electrons. The van der Waals surface area contributed by atoms with Crippen molar-refractivity contribution in [2.75, 3.05) is 33.4 Å². The Morgan fingerprint density at radius 3 is 2.62 bits per heavy atom. The van der Waals surface area contributed by atoms with Crippen molar-refractivity contribution in [1.82, 2.24) is 19.8 Å². The van der Waals surface area contributed by atoms with E-state index in [2.05, 4.69) is 10.3 Å². The minimum Gasteiger partial charge on any atom is -0.497 e. The molecule has 1 aromatic carbocycles. The Balaban J connectivity index is 1.23. The number of nitrogens with zero attached hydrogens (tertiary/aromatic N) is 3. The molecule has 5 rings (SSSR count). The molecule has 3 aliphatic heterocycles. The molecular formula is C25H32N4O5. The van der Waals surface area contributed by atoms with Gasteiger partial charge in [0.05, 0.1) is 13.7 Å². The van der Waals surface area contributed by atoms with Gasteiger partial charge in [0.15, 0.2) is 6.10 Å². The molecule has 2 saturated heterocycles. The Morgan fingerprint density at radius 1 is 1.18 bits per heavy atom. The zero-order valence-corrected chi connectivity index (χ0v) is 19.6. The zero-order chi connectivity index (χ0) is 23.5. The summed E-state index contributed by atoms with van der Waals surface area (Å²) in [5.74, 6) is 1.75. The average Bonchev–Trinajstić information content (AvgIpc) is 3.38. The lowest BCUT2D eigenvalue weighted by molar-refractivity contribution is -0.177. The molecule has 2 amide bonds. The summed E-state index contributed by atoms with van der Waals surface area (Å²) in [4.78, 5) is 32.6. The molecule has 182 valence electrons. The van der Waals surface area contributed by atoms with Gasteiger partial charge in [-0.1, -0.05) is 12.1 Å². The fraction of sp³-hybridized carbons (Fsp3) is 0.560. The minimum absolute atomic E-state index is 0.0496. The number of nitrogens with one attached hydrogen (secondary N) is 1. The van der Waals surface area contributed by atoms with Crippen LogP contribution in [0.25, 0.3) is 0 Å². The van der Waals surface area contributed by atoms with Crippen molar-refractivity contribution in [2.45, 2.75) is 50.5 Å². The first-order valence-corrected chi connectivity index (χ1v) is 12.0. The number of carbonyl (C=O) groups excluding carboxylic acids is 2. The van der Waals surface area contributed by atoms with Crippen molar-refractivity contribution < 1.29 is 23.8 Å². The number of carbonyl (C=O) groups is 2. The average molecular weight is 469 g/mol. The quantitative estimate of drug-likeness (QED) is 0.720. The Hall–Kier alpha value is -2.91. The number of amides is 2. The number of aromatic nitrogens is 2. The van der Waals surface area contributed by atoms with Gasteiger partial charge in [-0.05, 0) is 30.5 Å². The fourth-order valence-corrected chi connectivity index (χ4v) is 5.21. The third-order valence-electron chi connectivity index (χ3n) is 7.22. The number of fused-ring (bicyclic) bond motifs is 2. The van der Waals surface area contributed by atoms with E-state index < -0.39 is 11.7 Å². The van der Waals surface area contributed by atoms with E-state index in [1.807, 2.05) is 39.9 Å². The van der Waals surface area contributed by atoms with Crippen molar-refractivity contribution in [3.05, 3.63) is 48.0 Å². The van der Waals surface area contributed by atoms with Crippen LogP contribution in [0.15, 0.2) is 36.7 Å². The second kappa shape index (κ2) is 9.76. The largest absolute Gasteiger partial charge is 0.497 e. The van der Waals surface area contributed by atoms with Gasteiger partial charge in [-0.3, -0.25) is 9.59 Å².